The molecule has 0 aromatic heterocycles. The summed E-state index contributed by atoms with van der Waals surface area (Å²) < 4.78 is 1.57. The van der Waals surface area contributed by atoms with Gasteiger partial charge < -0.3 is 5.11 Å². The van der Waals surface area contributed by atoms with E-state index in [2.05, 4.69) is 13.0 Å². The van der Waals surface area contributed by atoms with Crippen LogP contribution in [-0.4, -0.2) is 15.1 Å². The van der Waals surface area contributed by atoms with Crippen molar-refractivity contribution in [1.29, 1.82) is 5.26 Å². The highest BCUT2D eigenvalue weighted by molar-refractivity contribution is 8.21. The van der Waals surface area contributed by atoms with Gasteiger partial charge in [0, 0.05) is 4.70 Å². The quantitative estimate of drug-likeness (QED) is 0.580. The maximum absolute atomic E-state index is 9.51. The van der Waals surface area contributed by atoms with Crippen molar-refractivity contribution in [3.05, 3.63) is 24.0 Å². The Labute approximate surface area is 112 Å². The Morgan fingerprint density at radius 1 is 1.65 bits per heavy atom. The molecule has 1 rings (SSSR count). The van der Waals surface area contributed by atoms with Crippen molar-refractivity contribution in [2.75, 3.05) is 0 Å². The van der Waals surface area contributed by atoms with Crippen molar-refractivity contribution >= 4 is 28.7 Å². The summed E-state index contributed by atoms with van der Waals surface area (Å²) in [7, 11) is 0. The van der Waals surface area contributed by atoms with Crippen LogP contribution >= 0.6 is 24.0 Å². The molecule has 0 amide bonds. The van der Waals surface area contributed by atoms with Crippen molar-refractivity contribution in [3.63, 3.8) is 0 Å². The molecule has 2 unspecified atom stereocenters. The van der Waals surface area contributed by atoms with Crippen molar-refractivity contribution in [2.45, 2.75) is 37.9 Å². The van der Waals surface area contributed by atoms with E-state index >= 15 is 0 Å². The Bertz CT molecular complexity index is 370. The van der Waals surface area contributed by atoms with Gasteiger partial charge in [-0.2, -0.15) is 5.26 Å². The average Bonchev–Trinajstić information content (AvgIpc) is 2.33. The number of aliphatic hydroxyl groups excluding tert-OH is 1. The molecule has 2 nitrogen and oxygen atoms in total. The molecule has 0 aromatic carbocycles. The predicted octanol–water partition coefficient (Wildman–Crippen LogP) is 4.15. The van der Waals surface area contributed by atoms with Crippen molar-refractivity contribution in [2.24, 2.45) is 5.41 Å². The molecule has 0 saturated carbocycles. The number of nitrogens with zero attached hydrogens (tertiary/aromatic N) is 1. The summed E-state index contributed by atoms with van der Waals surface area (Å²) in [6.07, 6.45) is 9.28. The Kier molecular flexibility index (Phi) is 5.73. The molecule has 0 aliphatic heterocycles. The van der Waals surface area contributed by atoms with Gasteiger partial charge in [-0.25, -0.2) is 0 Å². The topological polar surface area (TPSA) is 44.0 Å². The summed E-state index contributed by atoms with van der Waals surface area (Å²) in [5.74, 6) is 0.223. The Morgan fingerprint density at radius 2 is 2.41 bits per heavy atom. The monoisotopic (exact) mass is 267 g/mol. The van der Waals surface area contributed by atoms with Crippen LogP contribution < -0.4 is 0 Å². The summed E-state index contributed by atoms with van der Waals surface area (Å²) in [4.78, 5) is 0. The number of unbranched alkanes of at least 4 members (excludes halogenated alkanes) is 2. The normalized spacial score (nSPS) is 27.3. The third kappa shape index (κ3) is 3.58. The lowest BCUT2D eigenvalue weighted by atomic mass is 9.78. The molecule has 17 heavy (non-hydrogen) atoms. The second-order valence-corrected chi connectivity index (χ2v) is 5.74. The van der Waals surface area contributed by atoms with Crippen LogP contribution in [0.15, 0.2) is 24.0 Å². The van der Waals surface area contributed by atoms with Crippen LogP contribution in [0.2, 0.25) is 0 Å². The van der Waals surface area contributed by atoms with Gasteiger partial charge >= 0.3 is 0 Å². The predicted molar refractivity (Wildman–Crippen MR) is 77.1 cm³/mol. The zero-order chi connectivity index (χ0) is 12.7. The van der Waals surface area contributed by atoms with Gasteiger partial charge in [-0.1, -0.05) is 44.5 Å². The molecule has 2 atom stereocenters. The van der Waals surface area contributed by atoms with Gasteiger partial charge in [-0.15, -0.1) is 11.8 Å². The first-order valence-electron chi connectivity index (χ1n) is 5.79. The molecule has 0 bridgehead atoms. The van der Waals surface area contributed by atoms with Gasteiger partial charge in [0.2, 0.25) is 0 Å². The highest BCUT2D eigenvalue weighted by Gasteiger charge is 2.37. The van der Waals surface area contributed by atoms with Crippen molar-refractivity contribution < 1.29 is 5.11 Å². The van der Waals surface area contributed by atoms with E-state index in [0.717, 1.165) is 25.7 Å². The summed E-state index contributed by atoms with van der Waals surface area (Å²) in [6.45, 7) is 2.14. The Balaban J connectivity index is 2.84. The van der Waals surface area contributed by atoms with E-state index in [0.29, 0.717) is 0 Å². The lowest BCUT2D eigenvalue weighted by Crippen LogP contribution is -2.30. The first kappa shape index (κ1) is 14.3. The number of aliphatic hydroxyl groups is 1. The minimum absolute atomic E-state index is 0.0770. The fourth-order valence-corrected chi connectivity index (χ4v) is 3.15. The van der Waals surface area contributed by atoms with Gasteiger partial charge in [-0.3, -0.25) is 0 Å². The molecule has 0 spiro atoms. The maximum Gasteiger partial charge on any atom is 0.112 e. The van der Waals surface area contributed by atoms with E-state index < -0.39 is 5.41 Å². The standard InChI is InChI=1S/C13H17NOS2/c1-2-3-4-6-13(9-14)7-5-11(15)8-12(13)17-10-16/h5,7-8,10,12,15H,2-4,6H2,1H3. The fourth-order valence-electron chi connectivity index (χ4n) is 1.96. The molecule has 0 aromatic rings. The van der Waals surface area contributed by atoms with Crippen LogP contribution in [0.4, 0.5) is 0 Å². The fraction of sp³-hybridized carbons (Fsp3) is 0.538. The minimum Gasteiger partial charge on any atom is -0.508 e. The zero-order valence-electron chi connectivity index (χ0n) is 9.93. The number of rotatable bonds is 6. The number of hydrogen-bond donors (Lipinski definition) is 1. The van der Waals surface area contributed by atoms with E-state index in [1.165, 1.54) is 11.8 Å². The summed E-state index contributed by atoms with van der Waals surface area (Å²) in [5, 5.41) is 18.9. The first-order chi connectivity index (χ1) is 8.18. The molecule has 4 heteroatoms. The second kappa shape index (κ2) is 6.83. The third-order valence-corrected chi connectivity index (χ3v) is 4.28. The average molecular weight is 267 g/mol. The zero-order valence-corrected chi connectivity index (χ0v) is 11.6. The van der Waals surface area contributed by atoms with Crippen LogP contribution in [-0.2, 0) is 0 Å². The van der Waals surface area contributed by atoms with Crippen LogP contribution in [0.25, 0.3) is 0 Å². The lowest BCUT2D eigenvalue weighted by molar-refractivity contribution is 0.396. The van der Waals surface area contributed by atoms with Crippen molar-refractivity contribution in [3.8, 4) is 6.07 Å². The number of hydrogen-bond acceptors (Lipinski definition) is 4. The van der Waals surface area contributed by atoms with E-state index in [4.69, 9.17) is 12.2 Å². The highest BCUT2D eigenvalue weighted by Crippen LogP contribution is 2.40. The molecule has 0 radical (unpaired) electrons. The molecule has 1 N–H and O–H groups in total. The molecule has 1 aliphatic carbocycles. The molecular formula is C13H17NOS2. The van der Waals surface area contributed by atoms with Gasteiger partial charge in [0.15, 0.2) is 0 Å². The molecule has 0 fully saturated rings. The van der Waals surface area contributed by atoms with E-state index in [9.17, 15) is 10.4 Å². The summed E-state index contributed by atoms with van der Waals surface area (Å²) in [5.41, 5.74) is -0.526. The number of thiocarbonyl (C=S) groups is 1. The summed E-state index contributed by atoms with van der Waals surface area (Å²) in [6, 6.07) is 2.40. The Hall–Kier alpha value is -0.790. The van der Waals surface area contributed by atoms with Gasteiger partial charge in [-0.05, 0) is 18.6 Å². The smallest absolute Gasteiger partial charge is 0.112 e. The van der Waals surface area contributed by atoms with Gasteiger partial charge in [0.1, 0.15) is 5.76 Å². The first-order valence-corrected chi connectivity index (χ1v) is 7.20. The lowest BCUT2D eigenvalue weighted by Gasteiger charge is -2.31. The van der Waals surface area contributed by atoms with Crippen LogP contribution in [0, 0.1) is 16.7 Å². The Morgan fingerprint density at radius 3 is 3.00 bits per heavy atom. The van der Waals surface area contributed by atoms with E-state index in [1.807, 2.05) is 6.08 Å². The SMILES string of the molecule is CCCCCC1(C#N)C=CC(O)=CC1SC=S. The summed E-state index contributed by atoms with van der Waals surface area (Å²) >= 11 is 6.28. The maximum atomic E-state index is 9.51. The molecule has 0 saturated heterocycles. The largest absolute Gasteiger partial charge is 0.508 e. The molecule has 1 aliphatic rings. The van der Waals surface area contributed by atoms with E-state index in [1.54, 1.807) is 16.9 Å². The number of allylic oxidation sites excluding steroid dienone is 2. The number of thioether (sulfide) groups is 1. The minimum atomic E-state index is -0.526. The van der Waals surface area contributed by atoms with Gasteiger partial charge in [0.05, 0.1) is 16.7 Å². The van der Waals surface area contributed by atoms with Crippen LogP contribution in [0.1, 0.15) is 32.6 Å². The van der Waals surface area contributed by atoms with Gasteiger partial charge in [0.25, 0.3) is 0 Å². The van der Waals surface area contributed by atoms with E-state index in [-0.39, 0.29) is 11.0 Å². The molecule has 0 heterocycles. The second-order valence-electron chi connectivity index (χ2n) is 4.19. The highest BCUT2D eigenvalue weighted by atomic mass is 32.2. The van der Waals surface area contributed by atoms with Crippen molar-refractivity contribution in [1.82, 2.24) is 0 Å². The van der Waals surface area contributed by atoms with Crippen LogP contribution in [0.5, 0.6) is 0 Å². The van der Waals surface area contributed by atoms with Crippen LogP contribution in [0.3, 0.4) is 0 Å². The molecule has 92 valence electrons. The number of nitriles is 1. The molecular weight excluding hydrogens is 250 g/mol. The third-order valence-electron chi connectivity index (χ3n) is 2.99.